The summed E-state index contributed by atoms with van der Waals surface area (Å²) in [6.07, 6.45) is 0.446. The molecule has 2 rings (SSSR count). The number of benzene rings is 1. The van der Waals surface area contributed by atoms with Gasteiger partial charge in [-0.05, 0) is 5.56 Å². The van der Waals surface area contributed by atoms with Crippen molar-refractivity contribution in [1.82, 2.24) is 9.80 Å². The number of carbonyl (C=O) groups excluding carboxylic acids is 1. The number of amidine groups is 1. The molecule has 1 aliphatic heterocycles. The van der Waals surface area contributed by atoms with E-state index in [1.807, 2.05) is 35.2 Å². The predicted octanol–water partition coefficient (Wildman–Crippen LogP) is 0.120. The summed E-state index contributed by atoms with van der Waals surface area (Å²) < 4.78 is 0. The van der Waals surface area contributed by atoms with Crippen molar-refractivity contribution < 1.29 is 10.0 Å². The lowest BCUT2D eigenvalue weighted by molar-refractivity contribution is -0.132. The fourth-order valence-corrected chi connectivity index (χ4v) is 2.30. The molecule has 1 aliphatic rings. The van der Waals surface area contributed by atoms with Crippen LogP contribution in [0.1, 0.15) is 5.56 Å². The minimum Gasteiger partial charge on any atom is -0.409 e. The van der Waals surface area contributed by atoms with E-state index in [2.05, 4.69) is 10.1 Å². The SMILES string of the molecule is NC(CN1CCN(C(=O)Cc2ccccc2)CC1)=NO. The highest BCUT2D eigenvalue weighted by Crippen LogP contribution is 2.06. The molecule has 0 atom stereocenters. The van der Waals surface area contributed by atoms with Crippen molar-refractivity contribution in [3.63, 3.8) is 0 Å². The lowest BCUT2D eigenvalue weighted by Gasteiger charge is -2.34. The Hall–Kier alpha value is -2.08. The molecule has 6 nitrogen and oxygen atoms in total. The second-order valence-electron chi connectivity index (χ2n) is 4.91. The largest absolute Gasteiger partial charge is 0.409 e. The van der Waals surface area contributed by atoms with E-state index < -0.39 is 0 Å². The van der Waals surface area contributed by atoms with E-state index >= 15 is 0 Å². The van der Waals surface area contributed by atoms with Gasteiger partial charge in [-0.2, -0.15) is 0 Å². The molecule has 1 amide bonds. The molecule has 6 heteroatoms. The number of hydrogen-bond acceptors (Lipinski definition) is 4. The lowest BCUT2D eigenvalue weighted by Crippen LogP contribution is -2.51. The third-order valence-corrected chi connectivity index (χ3v) is 3.44. The van der Waals surface area contributed by atoms with Crippen LogP contribution in [-0.2, 0) is 11.2 Å². The highest BCUT2D eigenvalue weighted by atomic mass is 16.4. The predicted molar refractivity (Wildman–Crippen MR) is 76.6 cm³/mol. The average molecular weight is 276 g/mol. The van der Waals surface area contributed by atoms with Crippen LogP contribution in [0.4, 0.5) is 0 Å². The molecular formula is C14H20N4O2. The number of nitrogens with two attached hydrogens (primary N) is 1. The van der Waals surface area contributed by atoms with Crippen LogP contribution in [0.2, 0.25) is 0 Å². The van der Waals surface area contributed by atoms with Gasteiger partial charge in [-0.3, -0.25) is 9.69 Å². The van der Waals surface area contributed by atoms with Crippen molar-refractivity contribution in [3.8, 4) is 0 Å². The molecule has 108 valence electrons. The lowest BCUT2D eigenvalue weighted by atomic mass is 10.1. The molecule has 1 aromatic rings. The number of carbonyl (C=O) groups is 1. The van der Waals surface area contributed by atoms with Crippen molar-refractivity contribution in [2.75, 3.05) is 32.7 Å². The Morgan fingerprint density at radius 2 is 1.85 bits per heavy atom. The van der Waals surface area contributed by atoms with E-state index in [-0.39, 0.29) is 11.7 Å². The van der Waals surface area contributed by atoms with Gasteiger partial charge in [0.2, 0.25) is 5.91 Å². The Balaban J connectivity index is 1.80. The summed E-state index contributed by atoms with van der Waals surface area (Å²) in [4.78, 5) is 16.1. The summed E-state index contributed by atoms with van der Waals surface area (Å²) in [6, 6.07) is 9.76. The highest BCUT2D eigenvalue weighted by Gasteiger charge is 2.21. The molecule has 0 spiro atoms. The fraction of sp³-hybridized carbons (Fsp3) is 0.429. The van der Waals surface area contributed by atoms with Crippen molar-refractivity contribution in [3.05, 3.63) is 35.9 Å². The van der Waals surface area contributed by atoms with Gasteiger partial charge >= 0.3 is 0 Å². The summed E-state index contributed by atoms with van der Waals surface area (Å²) in [7, 11) is 0. The Morgan fingerprint density at radius 3 is 2.45 bits per heavy atom. The molecule has 1 heterocycles. The average Bonchev–Trinajstić information content (AvgIpc) is 2.49. The van der Waals surface area contributed by atoms with E-state index in [0.29, 0.717) is 26.1 Å². The molecule has 1 saturated heterocycles. The molecule has 1 fully saturated rings. The first-order valence-corrected chi connectivity index (χ1v) is 6.69. The normalized spacial score (nSPS) is 17.2. The highest BCUT2D eigenvalue weighted by molar-refractivity contribution is 5.81. The molecular weight excluding hydrogens is 256 g/mol. The van der Waals surface area contributed by atoms with Crippen LogP contribution >= 0.6 is 0 Å². The van der Waals surface area contributed by atoms with E-state index in [4.69, 9.17) is 10.9 Å². The van der Waals surface area contributed by atoms with Gasteiger partial charge in [0, 0.05) is 26.2 Å². The molecule has 0 unspecified atom stereocenters. The second kappa shape index (κ2) is 6.91. The van der Waals surface area contributed by atoms with Gasteiger partial charge in [0.25, 0.3) is 0 Å². The zero-order valence-corrected chi connectivity index (χ0v) is 11.4. The number of nitrogens with zero attached hydrogens (tertiary/aromatic N) is 3. The molecule has 0 aromatic heterocycles. The van der Waals surface area contributed by atoms with Gasteiger partial charge in [-0.1, -0.05) is 35.5 Å². The van der Waals surface area contributed by atoms with Crippen LogP contribution in [0.25, 0.3) is 0 Å². The first kappa shape index (κ1) is 14.3. The van der Waals surface area contributed by atoms with Gasteiger partial charge in [-0.25, -0.2) is 0 Å². The summed E-state index contributed by atoms with van der Waals surface area (Å²) in [5.74, 6) is 0.355. The van der Waals surface area contributed by atoms with Crippen LogP contribution < -0.4 is 5.73 Å². The van der Waals surface area contributed by atoms with E-state index in [0.717, 1.165) is 18.7 Å². The third-order valence-electron chi connectivity index (χ3n) is 3.44. The van der Waals surface area contributed by atoms with Crippen molar-refractivity contribution in [1.29, 1.82) is 0 Å². The number of rotatable bonds is 4. The molecule has 0 aliphatic carbocycles. The Morgan fingerprint density at radius 1 is 1.20 bits per heavy atom. The number of oxime groups is 1. The van der Waals surface area contributed by atoms with Crippen LogP contribution in [0.5, 0.6) is 0 Å². The van der Waals surface area contributed by atoms with Crippen LogP contribution in [0.3, 0.4) is 0 Å². The number of piperazine rings is 1. The number of hydrogen-bond donors (Lipinski definition) is 2. The third kappa shape index (κ3) is 3.96. The minimum absolute atomic E-state index is 0.152. The van der Waals surface area contributed by atoms with E-state index in [9.17, 15) is 4.79 Å². The van der Waals surface area contributed by atoms with Gasteiger partial charge in [0.15, 0.2) is 5.84 Å². The zero-order chi connectivity index (χ0) is 14.4. The Labute approximate surface area is 118 Å². The summed E-state index contributed by atoms with van der Waals surface area (Å²) in [6.45, 7) is 3.31. The Kier molecular flexibility index (Phi) is 4.95. The topological polar surface area (TPSA) is 82.2 Å². The summed E-state index contributed by atoms with van der Waals surface area (Å²) in [5.41, 5.74) is 6.52. The molecule has 0 saturated carbocycles. The van der Waals surface area contributed by atoms with Crippen LogP contribution in [0.15, 0.2) is 35.5 Å². The minimum atomic E-state index is 0.152. The van der Waals surface area contributed by atoms with Crippen LogP contribution in [-0.4, -0.2) is 59.5 Å². The molecule has 0 radical (unpaired) electrons. The van der Waals surface area contributed by atoms with Gasteiger partial charge in [0.05, 0.1) is 13.0 Å². The molecule has 1 aromatic carbocycles. The van der Waals surface area contributed by atoms with Crippen molar-refractivity contribution in [2.45, 2.75) is 6.42 Å². The summed E-state index contributed by atoms with van der Waals surface area (Å²) >= 11 is 0. The maximum Gasteiger partial charge on any atom is 0.227 e. The molecule has 0 bridgehead atoms. The van der Waals surface area contributed by atoms with E-state index in [1.54, 1.807) is 0 Å². The smallest absolute Gasteiger partial charge is 0.227 e. The van der Waals surface area contributed by atoms with Crippen molar-refractivity contribution in [2.24, 2.45) is 10.9 Å². The zero-order valence-electron chi connectivity index (χ0n) is 11.4. The summed E-state index contributed by atoms with van der Waals surface area (Å²) in [5, 5.41) is 11.5. The number of amides is 1. The first-order valence-electron chi connectivity index (χ1n) is 6.69. The first-order chi connectivity index (χ1) is 9.69. The molecule has 3 N–H and O–H groups in total. The second-order valence-corrected chi connectivity index (χ2v) is 4.91. The van der Waals surface area contributed by atoms with Crippen molar-refractivity contribution >= 4 is 11.7 Å². The van der Waals surface area contributed by atoms with Gasteiger partial charge in [0.1, 0.15) is 0 Å². The fourth-order valence-electron chi connectivity index (χ4n) is 2.30. The monoisotopic (exact) mass is 276 g/mol. The van der Waals surface area contributed by atoms with Gasteiger partial charge in [-0.15, -0.1) is 0 Å². The maximum atomic E-state index is 12.2. The van der Waals surface area contributed by atoms with Gasteiger partial charge < -0.3 is 15.8 Å². The van der Waals surface area contributed by atoms with E-state index in [1.165, 1.54) is 0 Å². The van der Waals surface area contributed by atoms with Crippen LogP contribution in [0, 0.1) is 0 Å². The maximum absolute atomic E-state index is 12.2. The standard InChI is InChI=1S/C14H20N4O2/c15-13(16-20)11-17-6-8-18(9-7-17)14(19)10-12-4-2-1-3-5-12/h1-5,20H,6-11H2,(H2,15,16). The molecule has 20 heavy (non-hydrogen) atoms. The quantitative estimate of drug-likeness (QED) is 0.354. The Bertz CT molecular complexity index is 467.